The lowest BCUT2D eigenvalue weighted by molar-refractivity contribution is 0.278. The van der Waals surface area contributed by atoms with Crippen LogP contribution in [0.2, 0.25) is 0 Å². The van der Waals surface area contributed by atoms with E-state index < -0.39 is 0 Å². The van der Waals surface area contributed by atoms with Gasteiger partial charge in [0.15, 0.2) is 6.29 Å². The molecule has 1 atom stereocenters. The first-order chi connectivity index (χ1) is 5.25. The van der Waals surface area contributed by atoms with E-state index in [2.05, 4.69) is 11.9 Å². The van der Waals surface area contributed by atoms with Crippen molar-refractivity contribution in [2.24, 2.45) is 10.7 Å². The monoisotopic (exact) mass is 173 g/mol. The van der Waals surface area contributed by atoms with Crippen LogP contribution in [0.5, 0.6) is 0 Å². The topological polar surface area (TPSA) is 41.6 Å². The lowest BCUT2D eigenvalue weighted by Gasteiger charge is -2.28. The van der Waals surface area contributed by atoms with Crippen LogP contribution in [0.3, 0.4) is 0 Å². The van der Waals surface area contributed by atoms with Crippen LogP contribution in [-0.2, 0) is 0 Å². The Kier molecular flexibility index (Phi) is 2.91. The van der Waals surface area contributed by atoms with Crippen molar-refractivity contribution in [3.05, 3.63) is 11.2 Å². The number of hydrogen-bond donors (Lipinski definition) is 1. The molecule has 0 aromatic rings. The highest BCUT2D eigenvalue weighted by molar-refractivity contribution is 6.30. The zero-order valence-electron chi connectivity index (χ0n) is 6.50. The molecule has 0 aromatic carbocycles. The molecule has 0 saturated heterocycles. The van der Waals surface area contributed by atoms with Crippen molar-refractivity contribution in [2.75, 3.05) is 6.54 Å². The van der Waals surface area contributed by atoms with Gasteiger partial charge in [0.1, 0.15) is 5.16 Å². The number of aliphatic imine (C=N–C) groups is 1. The van der Waals surface area contributed by atoms with Gasteiger partial charge in [-0.3, -0.25) is 10.7 Å². The molecule has 1 heterocycles. The van der Waals surface area contributed by atoms with Crippen molar-refractivity contribution >= 4 is 17.8 Å². The second-order valence-electron chi connectivity index (χ2n) is 2.39. The Hall–Kier alpha value is -0.540. The summed E-state index contributed by atoms with van der Waals surface area (Å²) in [4.78, 5) is 5.86. The molecule has 11 heavy (non-hydrogen) atoms. The second-order valence-corrected chi connectivity index (χ2v) is 2.78. The number of nitrogens with zero attached hydrogens (tertiary/aromatic N) is 2. The van der Waals surface area contributed by atoms with Gasteiger partial charge in [-0.2, -0.15) is 0 Å². The predicted octanol–water partition coefficient (Wildman–Crippen LogP) is 1.11. The number of allylic oxidation sites excluding steroid dienone is 1. The van der Waals surface area contributed by atoms with Gasteiger partial charge in [-0.05, 0) is 12.5 Å². The minimum Gasteiger partial charge on any atom is -0.328 e. The first kappa shape index (κ1) is 8.56. The fourth-order valence-corrected chi connectivity index (χ4v) is 1.22. The Morgan fingerprint density at radius 2 is 2.55 bits per heavy atom. The van der Waals surface area contributed by atoms with Crippen LogP contribution >= 0.6 is 11.6 Å². The Morgan fingerprint density at radius 1 is 1.82 bits per heavy atom. The molecule has 0 radical (unpaired) electrons. The van der Waals surface area contributed by atoms with E-state index in [1.54, 1.807) is 12.3 Å². The first-order valence-corrected chi connectivity index (χ1v) is 4.04. The maximum Gasteiger partial charge on any atom is 0.174 e. The largest absolute Gasteiger partial charge is 0.328 e. The van der Waals surface area contributed by atoms with Crippen molar-refractivity contribution in [1.29, 1.82) is 0 Å². The van der Waals surface area contributed by atoms with Gasteiger partial charge in [-0.1, -0.05) is 18.5 Å². The summed E-state index contributed by atoms with van der Waals surface area (Å²) in [5.74, 6) is 0. The third-order valence-electron chi connectivity index (χ3n) is 1.51. The minimum absolute atomic E-state index is 0.299. The maximum absolute atomic E-state index is 5.87. The summed E-state index contributed by atoms with van der Waals surface area (Å²) in [6, 6.07) is 0. The van der Waals surface area contributed by atoms with Gasteiger partial charge in [-0.15, -0.1) is 0 Å². The SMILES string of the molecule is CCCN1C(Cl)=CC=NC1N. The van der Waals surface area contributed by atoms with Gasteiger partial charge < -0.3 is 4.90 Å². The summed E-state index contributed by atoms with van der Waals surface area (Å²) in [7, 11) is 0. The van der Waals surface area contributed by atoms with E-state index >= 15 is 0 Å². The van der Waals surface area contributed by atoms with Crippen LogP contribution in [0.25, 0.3) is 0 Å². The molecule has 0 aromatic heterocycles. The molecular weight excluding hydrogens is 162 g/mol. The highest BCUT2D eigenvalue weighted by Gasteiger charge is 2.15. The zero-order chi connectivity index (χ0) is 8.27. The lowest BCUT2D eigenvalue weighted by Crippen LogP contribution is -2.40. The van der Waals surface area contributed by atoms with Gasteiger partial charge in [0.2, 0.25) is 0 Å². The van der Waals surface area contributed by atoms with E-state index in [-0.39, 0.29) is 6.29 Å². The Bertz CT molecular complexity index is 188. The van der Waals surface area contributed by atoms with Gasteiger partial charge in [0.05, 0.1) is 0 Å². The van der Waals surface area contributed by atoms with Crippen molar-refractivity contribution in [2.45, 2.75) is 19.6 Å². The number of nitrogens with two attached hydrogens (primary N) is 1. The summed E-state index contributed by atoms with van der Waals surface area (Å²) < 4.78 is 0. The maximum atomic E-state index is 5.87. The normalized spacial score (nSPS) is 23.7. The molecule has 1 rings (SSSR count). The first-order valence-electron chi connectivity index (χ1n) is 3.67. The van der Waals surface area contributed by atoms with Crippen LogP contribution in [0.15, 0.2) is 16.2 Å². The molecule has 4 heteroatoms. The molecule has 0 bridgehead atoms. The lowest BCUT2D eigenvalue weighted by atomic mass is 10.4. The molecule has 1 unspecified atom stereocenters. The highest BCUT2D eigenvalue weighted by Crippen LogP contribution is 2.14. The molecule has 0 aliphatic carbocycles. The Balaban J connectivity index is 2.62. The number of hydrogen-bond acceptors (Lipinski definition) is 3. The molecule has 0 amide bonds. The average Bonchev–Trinajstić information content (AvgIpc) is 1.97. The molecule has 0 fully saturated rings. The van der Waals surface area contributed by atoms with E-state index in [0.717, 1.165) is 13.0 Å². The smallest absolute Gasteiger partial charge is 0.174 e. The third-order valence-corrected chi connectivity index (χ3v) is 1.85. The minimum atomic E-state index is -0.299. The standard InChI is InChI=1S/C7H12ClN3/c1-2-5-11-6(8)3-4-10-7(11)9/h3-4,7H,2,5,9H2,1H3. The Labute approximate surface area is 71.5 Å². The molecule has 1 aliphatic rings. The molecule has 2 N–H and O–H groups in total. The molecule has 1 aliphatic heterocycles. The summed E-state index contributed by atoms with van der Waals surface area (Å²) in [6.45, 7) is 2.93. The van der Waals surface area contributed by atoms with Crippen molar-refractivity contribution in [1.82, 2.24) is 4.90 Å². The summed E-state index contributed by atoms with van der Waals surface area (Å²) in [6.07, 6.45) is 4.11. The van der Waals surface area contributed by atoms with Crippen LogP contribution in [0.1, 0.15) is 13.3 Å². The van der Waals surface area contributed by atoms with Crippen molar-refractivity contribution in [3.8, 4) is 0 Å². The van der Waals surface area contributed by atoms with E-state index in [1.807, 2.05) is 4.90 Å². The van der Waals surface area contributed by atoms with Crippen LogP contribution < -0.4 is 5.73 Å². The van der Waals surface area contributed by atoms with E-state index in [0.29, 0.717) is 5.16 Å². The van der Waals surface area contributed by atoms with Gasteiger partial charge in [0.25, 0.3) is 0 Å². The average molecular weight is 174 g/mol. The Morgan fingerprint density at radius 3 is 3.09 bits per heavy atom. The number of rotatable bonds is 2. The quantitative estimate of drug-likeness (QED) is 0.636. The molecule has 0 saturated carbocycles. The van der Waals surface area contributed by atoms with Crippen LogP contribution in [0.4, 0.5) is 0 Å². The second kappa shape index (κ2) is 3.74. The molecule has 3 nitrogen and oxygen atoms in total. The van der Waals surface area contributed by atoms with E-state index in [1.165, 1.54) is 0 Å². The van der Waals surface area contributed by atoms with E-state index in [4.69, 9.17) is 17.3 Å². The van der Waals surface area contributed by atoms with Gasteiger partial charge >= 0.3 is 0 Å². The van der Waals surface area contributed by atoms with Crippen LogP contribution in [0, 0.1) is 0 Å². The predicted molar refractivity (Wildman–Crippen MR) is 47.4 cm³/mol. The molecular formula is C7H12ClN3. The van der Waals surface area contributed by atoms with Gasteiger partial charge in [-0.25, -0.2) is 0 Å². The summed E-state index contributed by atoms with van der Waals surface area (Å²) in [5.41, 5.74) is 5.66. The van der Waals surface area contributed by atoms with Crippen molar-refractivity contribution in [3.63, 3.8) is 0 Å². The fourth-order valence-electron chi connectivity index (χ4n) is 0.975. The van der Waals surface area contributed by atoms with Crippen LogP contribution in [-0.4, -0.2) is 23.9 Å². The third kappa shape index (κ3) is 1.94. The number of halogens is 1. The van der Waals surface area contributed by atoms with E-state index in [9.17, 15) is 0 Å². The summed E-state index contributed by atoms with van der Waals surface area (Å²) >= 11 is 5.87. The zero-order valence-corrected chi connectivity index (χ0v) is 7.25. The highest BCUT2D eigenvalue weighted by atomic mass is 35.5. The molecule has 62 valence electrons. The summed E-state index contributed by atoms with van der Waals surface area (Å²) in [5, 5.41) is 0.675. The molecule has 0 spiro atoms. The van der Waals surface area contributed by atoms with Gasteiger partial charge in [0, 0.05) is 12.8 Å². The van der Waals surface area contributed by atoms with Crippen molar-refractivity contribution < 1.29 is 0 Å². The fraction of sp³-hybridized carbons (Fsp3) is 0.571.